The Bertz CT molecular complexity index is 819. The van der Waals surface area contributed by atoms with Crippen LogP contribution >= 0.6 is 11.5 Å². The number of carbonyl (C=O) groups is 2. The number of piperazine rings is 1. The van der Waals surface area contributed by atoms with Gasteiger partial charge in [-0.15, -0.1) is 0 Å². The standard InChI is InChI=1S/C20H26N4O4S/c1-3-27-19(25)16-17(23-10-12-24(13-11-23)20(26)28-4-2)22-29-18(16)21-14-15-8-6-5-7-9-15/h5-9,21H,3-4,10-14H2,1-2H3. The van der Waals surface area contributed by atoms with Crippen LogP contribution in [0, 0.1) is 0 Å². The maximum absolute atomic E-state index is 12.7. The minimum atomic E-state index is -0.389. The molecule has 1 fully saturated rings. The summed E-state index contributed by atoms with van der Waals surface area (Å²) in [5.74, 6) is 0.215. The van der Waals surface area contributed by atoms with Crippen LogP contribution in [-0.4, -0.2) is 60.7 Å². The molecule has 3 rings (SSSR count). The molecule has 9 heteroatoms. The molecule has 2 aromatic rings. The molecule has 1 aromatic carbocycles. The number of esters is 1. The first-order valence-corrected chi connectivity index (χ1v) is 10.5. The zero-order valence-electron chi connectivity index (χ0n) is 16.7. The molecule has 0 saturated carbocycles. The van der Waals surface area contributed by atoms with Crippen LogP contribution < -0.4 is 10.2 Å². The zero-order chi connectivity index (χ0) is 20.6. The van der Waals surface area contributed by atoms with Crippen molar-refractivity contribution in [3.8, 4) is 0 Å². The van der Waals surface area contributed by atoms with E-state index in [1.54, 1.807) is 18.7 Å². The van der Waals surface area contributed by atoms with E-state index in [0.717, 1.165) is 5.56 Å². The van der Waals surface area contributed by atoms with Gasteiger partial charge in [0.05, 0.1) is 13.2 Å². The lowest BCUT2D eigenvalue weighted by molar-refractivity contribution is 0.0527. The molecule has 1 aliphatic rings. The van der Waals surface area contributed by atoms with Crippen molar-refractivity contribution in [1.29, 1.82) is 0 Å². The smallest absolute Gasteiger partial charge is 0.409 e. The molecule has 0 bridgehead atoms. The van der Waals surface area contributed by atoms with E-state index < -0.39 is 0 Å². The van der Waals surface area contributed by atoms with E-state index >= 15 is 0 Å². The van der Waals surface area contributed by atoms with Crippen LogP contribution in [-0.2, 0) is 16.0 Å². The minimum Gasteiger partial charge on any atom is -0.462 e. The van der Waals surface area contributed by atoms with E-state index in [2.05, 4.69) is 9.69 Å². The van der Waals surface area contributed by atoms with Gasteiger partial charge in [0.1, 0.15) is 10.6 Å². The Hall–Kier alpha value is -2.81. The van der Waals surface area contributed by atoms with Gasteiger partial charge in [-0.2, -0.15) is 4.37 Å². The fraction of sp³-hybridized carbons (Fsp3) is 0.450. The highest BCUT2D eigenvalue weighted by atomic mass is 32.1. The lowest BCUT2D eigenvalue weighted by Gasteiger charge is -2.34. The molecule has 0 radical (unpaired) electrons. The third-order valence-corrected chi connectivity index (χ3v) is 5.35. The third kappa shape index (κ3) is 5.17. The van der Waals surface area contributed by atoms with Gasteiger partial charge in [0.15, 0.2) is 5.82 Å². The van der Waals surface area contributed by atoms with E-state index in [0.29, 0.717) is 62.3 Å². The van der Waals surface area contributed by atoms with Crippen molar-refractivity contribution < 1.29 is 19.1 Å². The summed E-state index contributed by atoms with van der Waals surface area (Å²) in [7, 11) is 0. The van der Waals surface area contributed by atoms with Gasteiger partial charge in [-0.1, -0.05) is 30.3 Å². The predicted molar refractivity (Wildman–Crippen MR) is 113 cm³/mol. The molecule has 8 nitrogen and oxygen atoms in total. The Morgan fingerprint density at radius 2 is 1.76 bits per heavy atom. The molecule has 156 valence electrons. The summed E-state index contributed by atoms with van der Waals surface area (Å²) in [5.41, 5.74) is 1.57. The fourth-order valence-electron chi connectivity index (χ4n) is 3.10. The average Bonchev–Trinajstić information content (AvgIpc) is 3.17. The molecular weight excluding hydrogens is 392 g/mol. The van der Waals surface area contributed by atoms with E-state index in [9.17, 15) is 9.59 Å². The predicted octanol–water partition coefficient (Wildman–Crippen LogP) is 3.21. The van der Waals surface area contributed by atoms with Crippen LogP contribution in [0.15, 0.2) is 30.3 Å². The van der Waals surface area contributed by atoms with Crippen molar-refractivity contribution >= 4 is 34.4 Å². The first-order chi connectivity index (χ1) is 14.1. The van der Waals surface area contributed by atoms with E-state index in [4.69, 9.17) is 9.47 Å². The maximum atomic E-state index is 12.7. The number of benzene rings is 1. The minimum absolute atomic E-state index is 0.295. The summed E-state index contributed by atoms with van der Waals surface area (Å²) >= 11 is 1.25. The molecule has 0 unspecified atom stereocenters. The molecule has 0 atom stereocenters. The number of carbonyl (C=O) groups excluding carboxylic acids is 2. The molecule has 0 spiro atoms. The second-order valence-corrected chi connectivity index (χ2v) is 7.22. The third-order valence-electron chi connectivity index (χ3n) is 4.55. The van der Waals surface area contributed by atoms with Gasteiger partial charge in [-0.25, -0.2) is 9.59 Å². The van der Waals surface area contributed by atoms with Gasteiger partial charge in [0.25, 0.3) is 0 Å². The van der Waals surface area contributed by atoms with Crippen molar-refractivity contribution in [3.05, 3.63) is 41.5 Å². The first kappa shape index (κ1) is 20.9. The quantitative estimate of drug-likeness (QED) is 0.691. The number of hydrogen-bond acceptors (Lipinski definition) is 8. The summed E-state index contributed by atoms with van der Waals surface area (Å²) in [6, 6.07) is 9.96. The Balaban J connectivity index is 1.74. The molecule has 29 heavy (non-hydrogen) atoms. The number of anilines is 2. The summed E-state index contributed by atoms with van der Waals surface area (Å²) in [6.45, 7) is 7.01. The van der Waals surface area contributed by atoms with Crippen molar-refractivity contribution in [1.82, 2.24) is 9.27 Å². The molecule has 1 amide bonds. The average molecular weight is 419 g/mol. The summed E-state index contributed by atoms with van der Waals surface area (Å²) < 4.78 is 14.9. The lowest BCUT2D eigenvalue weighted by atomic mass is 10.2. The Morgan fingerprint density at radius 3 is 2.41 bits per heavy atom. The summed E-state index contributed by atoms with van der Waals surface area (Å²) in [6.07, 6.45) is -0.304. The van der Waals surface area contributed by atoms with Crippen LogP contribution in [0.25, 0.3) is 0 Å². The van der Waals surface area contributed by atoms with Crippen molar-refractivity contribution in [2.75, 3.05) is 49.6 Å². The van der Waals surface area contributed by atoms with Crippen LogP contribution in [0.4, 0.5) is 15.6 Å². The Labute approximate surface area is 174 Å². The highest BCUT2D eigenvalue weighted by Crippen LogP contribution is 2.33. The number of amides is 1. The number of nitrogens with zero attached hydrogens (tertiary/aromatic N) is 3. The van der Waals surface area contributed by atoms with Crippen LogP contribution in [0.3, 0.4) is 0 Å². The van der Waals surface area contributed by atoms with Crippen molar-refractivity contribution in [2.45, 2.75) is 20.4 Å². The molecule has 2 heterocycles. The first-order valence-electron chi connectivity index (χ1n) is 9.75. The number of nitrogens with one attached hydrogen (secondary N) is 1. The number of aromatic nitrogens is 1. The van der Waals surface area contributed by atoms with Crippen molar-refractivity contribution in [3.63, 3.8) is 0 Å². The SMILES string of the molecule is CCOC(=O)c1c(N2CCN(C(=O)OCC)CC2)nsc1NCc1ccccc1. The summed E-state index contributed by atoms with van der Waals surface area (Å²) in [4.78, 5) is 28.3. The highest BCUT2D eigenvalue weighted by molar-refractivity contribution is 7.11. The highest BCUT2D eigenvalue weighted by Gasteiger charge is 2.29. The van der Waals surface area contributed by atoms with Crippen LogP contribution in [0.5, 0.6) is 0 Å². The normalized spacial score (nSPS) is 13.9. The van der Waals surface area contributed by atoms with E-state index in [1.165, 1.54) is 11.5 Å². The molecule has 1 aliphatic heterocycles. The van der Waals surface area contributed by atoms with Crippen molar-refractivity contribution in [2.24, 2.45) is 0 Å². The van der Waals surface area contributed by atoms with Gasteiger partial charge in [0.2, 0.25) is 0 Å². The molecule has 1 saturated heterocycles. The van der Waals surface area contributed by atoms with E-state index in [-0.39, 0.29) is 12.1 Å². The lowest BCUT2D eigenvalue weighted by Crippen LogP contribution is -2.49. The van der Waals surface area contributed by atoms with Gasteiger partial charge in [0, 0.05) is 32.7 Å². The Morgan fingerprint density at radius 1 is 1.07 bits per heavy atom. The van der Waals surface area contributed by atoms with Crippen LogP contribution in [0.1, 0.15) is 29.8 Å². The molecule has 1 N–H and O–H groups in total. The van der Waals surface area contributed by atoms with Gasteiger partial charge < -0.3 is 24.6 Å². The van der Waals surface area contributed by atoms with Gasteiger partial charge in [-0.05, 0) is 30.9 Å². The number of rotatable bonds is 7. The Kier molecular flexibility index (Phi) is 7.29. The van der Waals surface area contributed by atoms with Crippen LogP contribution in [0.2, 0.25) is 0 Å². The number of ether oxygens (including phenoxy) is 2. The molecular formula is C20H26N4O4S. The fourth-order valence-corrected chi connectivity index (χ4v) is 3.89. The molecule has 1 aromatic heterocycles. The second-order valence-electron chi connectivity index (χ2n) is 6.44. The van der Waals surface area contributed by atoms with E-state index in [1.807, 2.05) is 35.2 Å². The monoisotopic (exact) mass is 418 g/mol. The molecule has 0 aliphatic carbocycles. The summed E-state index contributed by atoms with van der Waals surface area (Å²) in [5, 5.41) is 4.01. The topological polar surface area (TPSA) is 84.0 Å². The van der Waals surface area contributed by atoms with Gasteiger partial charge >= 0.3 is 12.1 Å². The second kappa shape index (κ2) is 10.1. The maximum Gasteiger partial charge on any atom is 0.409 e. The number of hydrogen-bond donors (Lipinski definition) is 1. The van der Waals surface area contributed by atoms with Gasteiger partial charge in [-0.3, -0.25) is 0 Å². The largest absolute Gasteiger partial charge is 0.462 e. The zero-order valence-corrected chi connectivity index (χ0v) is 17.5.